The summed E-state index contributed by atoms with van der Waals surface area (Å²) in [7, 11) is 0. The summed E-state index contributed by atoms with van der Waals surface area (Å²) in [6.07, 6.45) is 1.58. The molecule has 0 radical (unpaired) electrons. The number of anilines is 1. The van der Waals surface area contributed by atoms with Gasteiger partial charge in [-0.05, 0) is 29.8 Å². The summed E-state index contributed by atoms with van der Waals surface area (Å²) in [5, 5.41) is 0. The van der Waals surface area contributed by atoms with Crippen LogP contribution < -0.4 is 4.90 Å². The first kappa shape index (κ1) is 19.3. The van der Waals surface area contributed by atoms with Crippen molar-refractivity contribution in [1.29, 1.82) is 0 Å². The molecule has 0 saturated heterocycles. The van der Waals surface area contributed by atoms with Crippen molar-refractivity contribution in [2.75, 3.05) is 4.90 Å². The minimum atomic E-state index is -0.828. The molecule has 0 bridgehead atoms. The van der Waals surface area contributed by atoms with Gasteiger partial charge in [-0.25, -0.2) is 0 Å². The highest BCUT2D eigenvalue weighted by Gasteiger charge is 2.34. The lowest BCUT2D eigenvalue weighted by molar-refractivity contribution is 0.0894. The van der Waals surface area contributed by atoms with E-state index in [2.05, 4.69) is 4.98 Å². The van der Waals surface area contributed by atoms with Gasteiger partial charge in [0.05, 0.1) is 0 Å². The Bertz CT molecular complexity index is 1020. The molecular weight excluding hydrogens is 372 g/mol. The normalized spacial score (nSPS) is 11.5. The summed E-state index contributed by atoms with van der Waals surface area (Å²) in [6, 6.07) is 32.0. The first-order valence-corrected chi connectivity index (χ1v) is 9.69. The third-order valence-electron chi connectivity index (χ3n) is 4.82. The Balaban J connectivity index is 1.89. The fraction of sp³-hybridized carbons (Fsp3) is 0.0385. The number of hydrogen-bond donors (Lipinski definition) is 0. The van der Waals surface area contributed by atoms with Crippen LogP contribution in [0.25, 0.3) is 0 Å². The molecule has 0 aliphatic heterocycles. The molecule has 1 amide bonds. The van der Waals surface area contributed by atoms with E-state index in [1.54, 1.807) is 36.5 Å². The van der Waals surface area contributed by atoms with Gasteiger partial charge in [-0.2, -0.15) is 0 Å². The predicted octanol–water partition coefficient (Wildman–Crippen LogP) is 5.35. The Hall–Kier alpha value is -4.05. The van der Waals surface area contributed by atoms with E-state index < -0.39 is 6.04 Å². The van der Waals surface area contributed by atoms with Gasteiger partial charge in [0, 0.05) is 17.4 Å². The van der Waals surface area contributed by atoms with E-state index in [-0.39, 0.29) is 17.4 Å². The Kier molecular flexibility index (Phi) is 5.76. The molecule has 0 aliphatic carbocycles. The Morgan fingerprint density at radius 3 is 1.83 bits per heavy atom. The van der Waals surface area contributed by atoms with Crippen molar-refractivity contribution in [2.45, 2.75) is 6.04 Å². The summed E-state index contributed by atoms with van der Waals surface area (Å²) in [4.78, 5) is 33.1. The van der Waals surface area contributed by atoms with E-state index in [1.165, 1.54) is 4.90 Å². The fourth-order valence-electron chi connectivity index (χ4n) is 3.40. The molecule has 4 nitrogen and oxygen atoms in total. The minimum Gasteiger partial charge on any atom is -0.292 e. The van der Waals surface area contributed by atoms with Gasteiger partial charge < -0.3 is 0 Å². The highest BCUT2D eigenvalue weighted by molar-refractivity contribution is 6.12. The van der Waals surface area contributed by atoms with Gasteiger partial charge in [-0.3, -0.25) is 19.5 Å². The van der Waals surface area contributed by atoms with Gasteiger partial charge in [0.2, 0.25) is 0 Å². The monoisotopic (exact) mass is 392 g/mol. The summed E-state index contributed by atoms with van der Waals surface area (Å²) in [5.74, 6) is -0.491. The van der Waals surface area contributed by atoms with Gasteiger partial charge in [-0.1, -0.05) is 84.9 Å². The number of nitrogens with zero attached hydrogens (tertiary/aromatic N) is 2. The van der Waals surface area contributed by atoms with Gasteiger partial charge in [0.25, 0.3) is 5.91 Å². The molecule has 0 N–H and O–H groups in total. The number of pyridine rings is 1. The SMILES string of the molecule is O=C(c1ccccc1)C(c1ccccc1)N(C(=O)c1ccccn1)c1ccccc1. The van der Waals surface area contributed by atoms with Crippen molar-refractivity contribution in [1.82, 2.24) is 4.98 Å². The highest BCUT2D eigenvalue weighted by Crippen LogP contribution is 2.31. The van der Waals surface area contributed by atoms with Crippen molar-refractivity contribution < 1.29 is 9.59 Å². The van der Waals surface area contributed by atoms with E-state index in [0.29, 0.717) is 11.3 Å². The largest absolute Gasteiger partial charge is 0.292 e. The second-order valence-electron chi connectivity index (χ2n) is 6.77. The maximum absolute atomic E-state index is 13.7. The van der Waals surface area contributed by atoms with Crippen molar-refractivity contribution in [3.63, 3.8) is 0 Å². The number of amides is 1. The van der Waals surface area contributed by atoms with E-state index in [0.717, 1.165) is 5.56 Å². The van der Waals surface area contributed by atoms with Crippen molar-refractivity contribution >= 4 is 17.4 Å². The number of benzene rings is 3. The summed E-state index contributed by atoms with van der Waals surface area (Å²) >= 11 is 0. The number of carbonyl (C=O) groups excluding carboxylic acids is 2. The molecule has 4 aromatic rings. The standard InChI is InChI=1S/C26H20N2O2/c29-25(21-14-6-2-7-15-21)24(20-12-4-1-5-13-20)28(22-16-8-3-9-17-22)26(30)23-18-10-11-19-27-23/h1-19,24H. The first-order valence-electron chi connectivity index (χ1n) is 9.69. The zero-order valence-electron chi connectivity index (χ0n) is 16.3. The predicted molar refractivity (Wildman–Crippen MR) is 117 cm³/mol. The van der Waals surface area contributed by atoms with E-state index >= 15 is 0 Å². The number of para-hydroxylation sites is 1. The molecule has 146 valence electrons. The molecule has 30 heavy (non-hydrogen) atoms. The van der Waals surface area contributed by atoms with Crippen LogP contribution in [0, 0.1) is 0 Å². The number of rotatable bonds is 6. The molecule has 0 aliphatic rings. The van der Waals surface area contributed by atoms with Gasteiger partial charge in [-0.15, -0.1) is 0 Å². The number of ketones is 1. The highest BCUT2D eigenvalue weighted by atomic mass is 16.2. The fourth-order valence-corrected chi connectivity index (χ4v) is 3.40. The van der Waals surface area contributed by atoms with Crippen LogP contribution in [0.1, 0.15) is 32.5 Å². The average Bonchev–Trinajstić information content (AvgIpc) is 2.84. The maximum Gasteiger partial charge on any atom is 0.277 e. The van der Waals surface area contributed by atoms with Crippen molar-refractivity contribution in [3.05, 3.63) is 132 Å². The summed E-state index contributed by atoms with van der Waals surface area (Å²) < 4.78 is 0. The van der Waals surface area contributed by atoms with Crippen LogP contribution in [-0.4, -0.2) is 16.7 Å². The molecule has 1 heterocycles. The molecule has 1 atom stereocenters. The van der Waals surface area contributed by atoms with E-state index in [9.17, 15) is 9.59 Å². The van der Waals surface area contributed by atoms with Gasteiger partial charge >= 0.3 is 0 Å². The van der Waals surface area contributed by atoms with Crippen molar-refractivity contribution in [2.24, 2.45) is 0 Å². The topological polar surface area (TPSA) is 50.3 Å². The van der Waals surface area contributed by atoms with Gasteiger partial charge in [0.1, 0.15) is 11.7 Å². The molecule has 1 unspecified atom stereocenters. The van der Waals surface area contributed by atoms with Crippen LogP contribution in [0.15, 0.2) is 115 Å². The van der Waals surface area contributed by atoms with Gasteiger partial charge in [0.15, 0.2) is 5.78 Å². The molecular formula is C26H20N2O2. The Labute approximate surface area is 175 Å². The summed E-state index contributed by atoms with van der Waals surface area (Å²) in [6.45, 7) is 0. The lowest BCUT2D eigenvalue weighted by Crippen LogP contribution is -2.39. The third-order valence-corrected chi connectivity index (χ3v) is 4.82. The third kappa shape index (κ3) is 4.03. The first-order chi connectivity index (χ1) is 14.8. The molecule has 3 aromatic carbocycles. The van der Waals surface area contributed by atoms with Crippen LogP contribution in [0.2, 0.25) is 0 Å². The van der Waals surface area contributed by atoms with Crippen LogP contribution in [-0.2, 0) is 0 Å². The van der Waals surface area contributed by atoms with Crippen LogP contribution in [0.3, 0.4) is 0 Å². The zero-order chi connectivity index (χ0) is 20.8. The summed E-state index contributed by atoms with van der Waals surface area (Å²) in [5.41, 5.74) is 2.19. The second kappa shape index (κ2) is 8.97. The molecule has 4 heteroatoms. The zero-order valence-corrected chi connectivity index (χ0v) is 16.3. The van der Waals surface area contributed by atoms with E-state index in [4.69, 9.17) is 0 Å². The number of aromatic nitrogens is 1. The Morgan fingerprint density at radius 1 is 0.667 bits per heavy atom. The molecule has 0 saturated carbocycles. The smallest absolute Gasteiger partial charge is 0.277 e. The van der Waals surface area contributed by atoms with Crippen LogP contribution in [0.5, 0.6) is 0 Å². The second-order valence-corrected chi connectivity index (χ2v) is 6.77. The number of Topliss-reactive ketones (excluding diaryl/α,β-unsaturated/α-hetero) is 1. The number of hydrogen-bond acceptors (Lipinski definition) is 3. The quantitative estimate of drug-likeness (QED) is 0.416. The van der Waals surface area contributed by atoms with Crippen LogP contribution >= 0.6 is 0 Å². The van der Waals surface area contributed by atoms with Crippen molar-refractivity contribution in [3.8, 4) is 0 Å². The number of carbonyl (C=O) groups is 2. The van der Waals surface area contributed by atoms with Crippen LogP contribution in [0.4, 0.5) is 5.69 Å². The Morgan fingerprint density at radius 2 is 1.23 bits per heavy atom. The molecule has 1 aromatic heterocycles. The van der Waals surface area contributed by atoms with E-state index in [1.807, 2.05) is 78.9 Å². The average molecular weight is 392 g/mol. The minimum absolute atomic E-state index is 0.157. The lowest BCUT2D eigenvalue weighted by Gasteiger charge is -2.31. The molecule has 0 fully saturated rings. The molecule has 0 spiro atoms. The maximum atomic E-state index is 13.7. The lowest BCUT2D eigenvalue weighted by atomic mass is 9.95. The molecule has 4 rings (SSSR count).